The van der Waals surface area contributed by atoms with E-state index >= 15 is 0 Å². The average molecular weight is 715 g/mol. The van der Waals surface area contributed by atoms with Crippen LogP contribution in [0.15, 0.2) is 0 Å². The van der Waals surface area contributed by atoms with Crippen molar-refractivity contribution in [3.63, 3.8) is 0 Å². The molecule has 6 aliphatic rings. The molecule has 3 radical (unpaired) electrons. The Labute approximate surface area is 325 Å². The quantitative estimate of drug-likeness (QED) is 0.286. The number of rotatable bonds is 0. The van der Waals surface area contributed by atoms with E-state index in [-0.39, 0.29) is 112 Å². The molecule has 2 N–H and O–H groups in total. The third kappa shape index (κ3) is 12.3. The van der Waals surface area contributed by atoms with Gasteiger partial charge in [-0.2, -0.15) is 0 Å². The summed E-state index contributed by atoms with van der Waals surface area (Å²) in [6, 6.07) is 0.904. The number of carbonyl (C=O) groups is 4. The molecule has 0 aromatic rings. The van der Waals surface area contributed by atoms with Gasteiger partial charge < -0.3 is 40.6 Å². The number of nitrogens with zero attached hydrogens (tertiary/aromatic N) is 3. The zero-order valence-corrected chi connectivity index (χ0v) is 34.3. The summed E-state index contributed by atoms with van der Waals surface area (Å²) in [6.07, 6.45) is 8.55. The number of hydrogen-bond acceptors (Lipinski definition) is 9. The van der Waals surface area contributed by atoms with Gasteiger partial charge in [-0.3, -0.25) is 4.79 Å². The van der Waals surface area contributed by atoms with Gasteiger partial charge in [0.25, 0.3) is 0 Å². The third-order valence-electron chi connectivity index (χ3n) is 9.78. The molecular weight excluding hydrogens is 652 g/mol. The smallest absolute Gasteiger partial charge is 1.00 e. The number of fused-ring (bicyclic) bond motifs is 6. The van der Waals surface area contributed by atoms with Crippen molar-refractivity contribution in [2.75, 3.05) is 0 Å². The maximum Gasteiger partial charge on any atom is 1.00 e. The number of piperidine rings is 3. The largest absolute Gasteiger partial charge is 1.00 e. The van der Waals surface area contributed by atoms with E-state index in [9.17, 15) is 29.4 Å². The normalized spacial score (nSPS) is 31.2. The molecule has 50 heavy (non-hydrogen) atoms. The first-order valence-corrected chi connectivity index (χ1v) is 18.0. The van der Waals surface area contributed by atoms with Gasteiger partial charge in [-0.15, -0.1) is 0 Å². The summed E-state index contributed by atoms with van der Waals surface area (Å²) in [5.74, 6) is 0.285. The number of aliphatic hydroxyl groups excluding tert-OH is 2. The van der Waals surface area contributed by atoms with Crippen LogP contribution in [0.3, 0.4) is 0 Å². The molecule has 2 unspecified atom stereocenters. The fraction of sp³-hybridized carbons (Fsp3) is 0.889. The van der Waals surface area contributed by atoms with Crippen molar-refractivity contribution in [3.05, 3.63) is 0 Å². The van der Waals surface area contributed by atoms with Gasteiger partial charge >= 0.3 is 47.8 Å². The molecule has 6 fully saturated rings. The van der Waals surface area contributed by atoms with Gasteiger partial charge in [0.05, 0.1) is 12.2 Å². The van der Waals surface area contributed by atoms with E-state index in [1.807, 2.05) is 72.1 Å². The minimum Gasteiger partial charge on any atom is -1.00 e. The summed E-state index contributed by atoms with van der Waals surface area (Å²) in [6.45, 7) is 16.9. The minimum absolute atomic E-state index is 0. The van der Waals surface area contributed by atoms with E-state index in [0.717, 1.165) is 38.5 Å². The van der Waals surface area contributed by atoms with Gasteiger partial charge in [0.15, 0.2) is 0 Å². The minimum atomic E-state index is -0.460. The van der Waals surface area contributed by atoms with E-state index in [1.165, 1.54) is 0 Å². The second kappa shape index (κ2) is 17.5. The number of aliphatic hydroxyl groups is 2. The first-order chi connectivity index (χ1) is 22.1. The van der Waals surface area contributed by atoms with Gasteiger partial charge in [-0.1, -0.05) is 0 Å². The van der Waals surface area contributed by atoms with E-state index in [2.05, 4.69) is 0 Å². The number of amides is 3. The summed E-state index contributed by atoms with van der Waals surface area (Å²) >= 11 is 0. The van der Waals surface area contributed by atoms with Crippen molar-refractivity contribution < 1.29 is 74.6 Å². The molecular formula is C36H62BN3NaO9. The Balaban J connectivity index is 0.000000372. The maximum absolute atomic E-state index is 12.0. The molecule has 0 aromatic carbocycles. The Kier molecular flexibility index (Phi) is 15.6. The zero-order chi connectivity index (χ0) is 35.8. The third-order valence-corrected chi connectivity index (χ3v) is 9.78. The van der Waals surface area contributed by atoms with Gasteiger partial charge in [-0.05, 0) is 127 Å². The van der Waals surface area contributed by atoms with Crippen LogP contribution in [0.1, 0.15) is 141 Å². The molecule has 14 heteroatoms. The molecule has 279 valence electrons. The molecule has 0 saturated carbocycles. The van der Waals surface area contributed by atoms with Crippen molar-refractivity contribution in [2.24, 2.45) is 0 Å². The fourth-order valence-corrected chi connectivity index (χ4v) is 8.11. The molecule has 0 spiro atoms. The summed E-state index contributed by atoms with van der Waals surface area (Å²) < 4.78 is 16.2. The monoisotopic (exact) mass is 714 g/mol. The van der Waals surface area contributed by atoms with Crippen LogP contribution in [0, 0.1) is 0 Å². The number of ether oxygens (including phenoxy) is 3. The predicted molar refractivity (Wildman–Crippen MR) is 186 cm³/mol. The zero-order valence-electron chi connectivity index (χ0n) is 33.3. The molecule has 0 aliphatic carbocycles. The Morgan fingerprint density at radius 2 is 0.760 bits per heavy atom. The van der Waals surface area contributed by atoms with Crippen LogP contribution in [0.5, 0.6) is 0 Å². The molecule has 6 aliphatic heterocycles. The molecule has 6 rings (SSSR count). The first-order valence-electron chi connectivity index (χ1n) is 18.0. The molecule has 6 saturated heterocycles. The summed E-state index contributed by atoms with van der Waals surface area (Å²) in [4.78, 5) is 52.9. The summed E-state index contributed by atoms with van der Waals surface area (Å²) in [7, 11) is 0. The Morgan fingerprint density at radius 3 is 1.00 bits per heavy atom. The molecule has 8 atom stereocenters. The van der Waals surface area contributed by atoms with Crippen LogP contribution in [-0.2, 0) is 19.0 Å². The Bertz CT molecular complexity index is 1090. The number of Topliss-reactive ketones (excluding diaryl/α,β-unsaturated/α-hetero) is 1. The van der Waals surface area contributed by atoms with Crippen molar-refractivity contribution in [1.29, 1.82) is 0 Å². The van der Waals surface area contributed by atoms with Gasteiger partial charge in [0.2, 0.25) is 0 Å². The van der Waals surface area contributed by atoms with Crippen LogP contribution < -0.4 is 29.6 Å². The van der Waals surface area contributed by atoms with Crippen molar-refractivity contribution in [2.45, 2.75) is 205 Å². The number of carbonyl (C=O) groups excluding carboxylic acids is 4. The molecule has 3 amide bonds. The van der Waals surface area contributed by atoms with Gasteiger partial charge in [0, 0.05) is 57.5 Å². The number of hydrogen-bond donors (Lipinski definition) is 2. The second-order valence-electron chi connectivity index (χ2n) is 17.5. The molecule has 12 nitrogen and oxygen atoms in total. The van der Waals surface area contributed by atoms with E-state index in [1.54, 1.807) is 4.90 Å². The van der Waals surface area contributed by atoms with E-state index in [0.29, 0.717) is 38.5 Å². The van der Waals surface area contributed by atoms with Crippen LogP contribution in [0.2, 0.25) is 0 Å². The average Bonchev–Trinajstić information content (AvgIpc) is 3.46. The topological polar surface area (TPSA) is 146 Å². The maximum atomic E-state index is 12.0. The molecule has 0 aromatic heterocycles. The van der Waals surface area contributed by atoms with E-state index in [4.69, 9.17) is 14.2 Å². The van der Waals surface area contributed by atoms with Crippen LogP contribution in [0.25, 0.3) is 0 Å². The first kappa shape index (κ1) is 44.6. The summed E-state index contributed by atoms with van der Waals surface area (Å²) in [5, 5.41) is 19.3. The van der Waals surface area contributed by atoms with Crippen LogP contribution >= 0.6 is 0 Å². The fourth-order valence-electron chi connectivity index (χ4n) is 8.11. The Morgan fingerprint density at radius 1 is 0.540 bits per heavy atom. The standard InChI is InChI=1S/2C12H21NO3.C12H19NO3.B.Na.H/c3*1-12(2,3)16-11(15)13-8-4-5-9(13)7-10(14)6-8;;;/h2*8-10,14H,4-7H2,1-3H3;8-9H,4-7H2,1-3H3;;;/q;;;;+1;-1/t2*8-,9+,10?;8-,9+;;;. The number of ketones is 1. The predicted octanol–water partition coefficient (Wildman–Crippen LogP) is 2.67. The van der Waals surface area contributed by atoms with Crippen LogP contribution in [0.4, 0.5) is 14.4 Å². The molecule has 6 heterocycles. The second-order valence-corrected chi connectivity index (χ2v) is 17.5. The molecule has 6 bridgehead atoms. The van der Waals surface area contributed by atoms with Gasteiger partial charge in [-0.25, -0.2) is 14.4 Å². The van der Waals surface area contributed by atoms with Crippen molar-refractivity contribution in [3.8, 4) is 0 Å². The van der Waals surface area contributed by atoms with Crippen molar-refractivity contribution >= 4 is 32.5 Å². The SMILES string of the molecule is CC(C)(C)OC(=O)N1[C@@H]2CC[C@H]1CC(=O)C2.CC(C)(C)OC(=O)N1[C@@H]2CC[C@H]1CC(O)C2.CC(C)(C)OC(=O)N1[C@@H]2CC[C@H]1CC(O)C2.[B].[H-].[Na+]. The Hall–Kier alpha value is -1.54. The van der Waals surface area contributed by atoms with Gasteiger partial charge in [0.1, 0.15) is 22.6 Å². The van der Waals surface area contributed by atoms with Crippen LogP contribution in [-0.4, -0.2) is 123 Å². The summed E-state index contributed by atoms with van der Waals surface area (Å²) in [5.41, 5.74) is -1.34. The van der Waals surface area contributed by atoms with Crippen molar-refractivity contribution in [1.82, 2.24) is 14.7 Å². The van der Waals surface area contributed by atoms with E-state index < -0.39 is 16.8 Å².